The smallest absolute Gasteiger partial charge is 0.252 e. The number of para-hydroxylation sites is 1. The van der Waals surface area contributed by atoms with Gasteiger partial charge >= 0.3 is 0 Å². The number of ether oxygens (including phenoxy) is 1. The summed E-state index contributed by atoms with van der Waals surface area (Å²) in [5.74, 6) is -0.452. The van der Waals surface area contributed by atoms with Crippen LogP contribution in [0.5, 0.6) is 5.75 Å². The Morgan fingerprint density at radius 3 is 2.75 bits per heavy atom. The molecule has 1 rings (SSSR count). The molecular weight excluding hydrogens is 161 g/mol. The van der Waals surface area contributed by atoms with Gasteiger partial charge in [0.1, 0.15) is 5.75 Å². The first kappa shape index (κ1) is 8.52. The van der Waals surface area contributed by atoms with E-state index in [2.05, 4.69) is 4.74 Å². The van der Waals surface area contributed by atoms with Gasteiger partial charge in [-0.15, -0.1) is 0 Å². The molecule has 0 radical (unpaired) electrons. The maximum atomic E-state index is 11.7. The summed E-state index contributed by atoms with van der Waals surface area (Å²) in [6.45, 7) is -0.968. The third-order valence-electron chi connectivity index (χ3n) is 1.36. The number of carbonyl (C=O) groups excluding carboxylic acids is 1. The van der Waals surface area contributed by atoms with E-state index in [0.717, 1.165) is 0 Å². The number of hydrogen-bond donors (Lipinski definition) is 1. The summed E-state index contributed by atoms with van der Waals surface area (Å²) in [5.41, 5.74) is 5.19. The molecule has 0 spiro atoms. The summed E-state index contributed by atoms with van der Waals surface area (Å²) in [6.07, 6.45) is 0. The standard InChI is InChI=1S/C8H8FNO2/c9-5-12-7-4-2-1-3-6(7)8(10)11/h1-4H,5H2,(H2,10,11). The van der Waals surface area contributed by atoms with Crippen molar-refractivity contribution in [2.45, 2.75) is 0 Å². The molecule has 0 bridgehead atoms. The van der Waals surface area contributed by atoms with Crippen molar-refractivity contribution in [3.05, 3.63) is 29.8 Å². The van der Waals surface area contributed by atoms with Gasteiger partial charge < -0.3 is 10.5 Å². The predicted octanol–water partition coefficient (Wildman–Crippen LogP) is 1.09. The van der Waals surface area contributed by atoms with Gasteiger partial charge in [-0.3, -0.25) is 4.79 Å². The number of halogens is 1. The highest BCUT2D eigenvalue weighted by Gasteiger charge is 2.06. The van der Waals surface area contributed by atoms with Gasteiger partial charge in [-0.2, -0.15) is 0 Å². The van der Waals surface area contributed by atoms with Crippen molar-refractivity contribution < 1.29 is 13.9 Å². The van der Waals surface area contributed by atoms with Crippen LogP contribution in [0.2, 0.25) is 0 Å². The number of benzene rings is 1. The number of amides is 1. The zero-order chi connectivity index (χ0) is 8.97. The maximum Gasteiger partial charge on any atom is 0.252 e. The largest absolute Gasteiger partial charge is 0.462 e. The molecule has 0 atom stereocenters. The maximum absolute atomic E-state index is 11.7. The molecule has 3 nitrogen and oxygen atoms in total. The van der Waals surface area contributed by atoms with E-state index in [1.165, 1.54) is 12.1 Å². The second-order valence-electron chi connectivity index (χ2n) is 2.11. The molecule has 64 valence electrons. The van der Waals surface area contributed by atoms with E-state index in [-0.39, 0.29) is 11.3 Å². The topological polar surface area (TPSA) is 52.3 Å². The molecule has 0 saturated carbocycles. The van der Waals surface area contributed by atoms with Crippen molar-refractivity contribution in [1.29, 1.82) is 0 Å². The Balaban J connectivity index is 3.00. The monoisotopic (exact) mass is 169 g/mol. The van der Waals surface area contributed by atoms with E-state index in [4.69, 9.17) is 5.73 Å². The Bertz CT molecular complexity index is 288. The third-order valence-corrected chi connectivity index (χ3v) is 1.36. The molecular formula is C8H8FNO2. The molecule has 0 aliphatic heterocycles. The SMILES string of the molecule is NC(=O)c1ccccc1OCF. The van der Waals surface area contributed by atoms with Gasteiger partial charge in [-0.25, -0.2) is 4.39 Å². The quantitative estimate of drug-likeness (QED) is 0.736. The third kappa shape index (κ3) is 1.72. The summed E-state index contributed by atoms with van der Waals surface area (Å²) >= 11 is 0. The summed E-state index contributed by atoms with van der Waals surface area (Å²) < 4.78 is 16.3. The summed E-state index contributed by atoms with van der Waals surface area (Å²) in [6, 6.07) is 6.23. The molecule has 0 aliphatic carbocycles. The molecule has 4 heteroatoms. The summed E-state index contributed by atoms with van der Waals surface area (Å²) in [4.78, 5) is 10.7. The van der Waals surface area contributed by atoms with Crippen LogP contribution in [0, 0.1) is 0 Å². The molecule has 1 amide bonds. The Hall–Kier alpha value is -1.58. The molecule has 12 heavy (non-hydrogen) atoms. The van der Waals surface area contributed by atoms with E-state index in [9.17, 15) is 9.18 Å². The number of carbonyl (C=O) groups is 1. The van der Waals surface area contributed by atoms with Crippen molar-refractivity contribution in [2.24, 2.45) is 5.73 Å². The van der Waals surface area contributed by atoms with Crippen LogP contribution in [-0.4, -0.2) is 12.8 Å². The first-order chi connectivity index (χ1) is 5.75. The fraction of sp³-hybridized carbons (Fsp3) is 0.125. The number of primary amides is 1. The van der Waals surface area contributed by atoms with Gasteiger partial charge in [0, 0.05) is 0 Å². The minimum atomic E-state index is -0.968. The summed E-state index contributed by atoms with van der Waals surface area (Å²) in [5, 5.41) is 0. The van der Waals surface area contributed by atoms with E-state index in [0.29, 0.717) is 0 Å². The van der Waals surface area contributed by atoms with Crippen molar-refractivity contribution >= 4 is 5.91 Å². The fourth-order valence-corrected chi connectivity index (χ4v) is 0.855. The fourth-order valence-electron chi connectivity index (χ4n) is 0.855. The van der Waals surface area contributed by atoms with Crippen LogP contribution in [0.4, 0.5) is 4.39 Å². The predicted molar refractivity (Wildman–Crippen MR) is 41.6 cm³/mol. The van der Waals surface area contributed by atoms with Crippen LogP contribution in [0.3, 0.4) is 0 Å². The highest BCUT2D eigenvalue weighted by Crippen LogP contribution is 2.16. The van der Waals surface area contributed by atoms with Crippen LogP contribution >= 0.6 is 0 Å². The van der Waals surface area contributed by atoms with Crippen molar-refractivity contribution in [3.63, 3.8) is 0 Å². The second-order valence-corrected chi connectivity index (χ2v) is 2.11. The van der Waals surface area contributed by atoms with Gasteiger partial charge in [0.2, 0.25) is 6.86 Å². The molecule has 1 aromatic carbocycles. The van der Waals surface area contributed by atoms with Crippen LogP contribution in [-0.2, 0) is 0 Å². The number of rotatable bonds is 3. The lowest BCUT2D eigenvalue weighted by Crippen LogP contribution is -2.12. The number of hydrogen-bond acceptors (Lipinski definition) is 2. The lowest BCUT2D eigenvalue weighted by atomic mass is 10.2. The molecule has 0 saturated heterocycles. The Kier molecular flexibility index (Phi) is 2.63. The first-order valence-corrected chi connectivity index (χ1v) is 3.33. The minimum absolute atomic E-state index is 0.174. The Morgan fingerprint density at radius 2 is 2.17 bits per heavy atom. The van der Waals surface area contributed by atoms with Crippen molar-refractivity contribution in [3.8, 4) is 5.75 Å². The minimum Gasteiger partial charge on any atom is -0.462 e. The lowest BCUT2D eigenvalue weighted by Gasteiger charge is -2.04. The lowest BCUT2D eigenvalue weighted by molar-refractivity contribution is 0.0993. The van der Waals surface area contributed by atoms with E-state index < -0.39 is 12.8 Å². The molecule has 0 aliphatic rings. The van der Waals surface area contributed by atoms with Gasteiger partial charge in [-0.1, -0.05) is 12.1 Å². The van der Waals surface area contributed by atoms with Crippen LogP contribution in [0.15, 0.2) is 24.3 Å². The zero-order valence-electron chi connectivity index (χ0n) is 6.29. The van der Waals surface area contributed by atoms with Gasteiger partial charge in [0.15, 0.2) is 0 Å². The van der Waals surface area contributed by atoms with Gasteiger partial charge in [0.05, 0.1) is 5.56 Å². The van der Waals surface area contributed by atoms with Gasteiger partial charge in [-0.05, 0) is 12.1 Å². The van der Waals surface area contributed by atoms with E-state index in [1.807, 2.05) is 0 Å². The van der Waals surface area contributed by atoms with Crippen molar-refractivity contribution in [1.82, 2.24) is 0 Å². The van der Waals surface area contributed by atoms with Crippen LogP contribution in [0.25, 0.3) is 0 Å². The molecule has 0 unspecified atom stereocenters. The van der Waals surface area contributed by atoms with E-state index in [1.54, 1.807) is 12.1 Å². The molecule has 0 heterocycles. The molecule has 0 fully saturated rings. The highest BCUT2D eigenvalue weighted by molar-refractivity contribution is 5.95. The highest BCUT2D eigenvalue weighted by atomic mass is 19.1. The number of alkyl halides is 1. The Labute approximate surface area is 68.9 Å². The second kappa shape index (κ2) is 3.71. The summed E-state index contributed by atoms with van der Waals surface area (Å²) in [7, 11) is 0. The van der Waals surface area contributed by atoms with Crippen LogP contribution < -0.4 is 10.5 Å². The van der Waals surface area contributed by atoms with Crippen LogP contribution in [0.1, 0.15) is 10.4 Å². The normalized spacial score (nSPS) is 9.42. The van der Waals surface area contributed by atoms with Gasteiger partial charge in [0.25, 0.3) is 5.91 Å². The zero-order valence-corrected chi connectivity index (χ0v) is 6.29. The van der Waals surface area contributed by atoms with Crippen molar-refractivity contribution in [2.75, 3.05) is 6.86 Å². The molecule has 1 aromatic rings. The molecule has 0 aromatic heterocycles. The van der Waals surface area contributed by atoms with E-state index >= 15 is 0 Å². The Morgan fingerprint density at radius 1 is 1.50 bits per heavy atom. The molecule has 2 N–H and O–H groups in total. The first-order valence-electron chi connectivity index (χ1n) is 3.33. The average molecular weight is 169 g/mol. The number of nitrogens with two attached hydrogens (primary N) is 1. The average Bonchev–Trinajstić information content (AvgIpc) is 2.05.